The first-order valence-electron chi connectivity index (χ1n) is 3.54. The molecule has 13 heavy (non-hydrogen) atoms. The quantitative estimate of drug-likeness (QED) is 0.610. The van der Waals surface area contributed by atoms with E-state index in [0.29, 0.717) is 11.1 Å². The van der Waals surface area contributed by atoms with Crippen LogP contribution in [0.1, 0.15) is 11.1 Å². The largest absolute Gasteiger partial charge is 0.200 e. The Kier molecular flexibility index (Phi) is 2.78. The highest BCUT2D eigenvalue weighted by molar-refractivity contribution is 5.61. The van der Waals surface area contributed by atoms with Crippen molar-refractivity contribution in [3.05, 3.63) is 41.2 Å². The fourth-order valence-corrected chi connectivity index (χ4v) is 0.893. The van der Waals surface area contributed by atoms with Crippen molar-refractivity contribution < 1.29 is 4.39 Å². The van der Waals surface area contributed by atoms with E-state index in [4.69, 9.17) is 10.5 Å². The monoisotopic (exact) mass is 172 g/mol. The minimum atomic E-state index is -0.900. The molecule has 1 aromatic rings. The number of allylic oxidation sites excluding steroid dienone is 1. The molecule has 0 fully saturated rings. The van der Waals surface area contributed by atoms with Gasteiger partial charge in [0.2, 0.25) is 5.83 Å². The third kappa shape index (κ3) is 2.15. The van der Waals surface area contributed by atoms with Crippen molar-refractivity contribution in [2.75, 3.05) is 0 Å². The summed E-state index contributed by atoms with van der Waals surface area (Å²) in [6.45, 7) is 0. The molecule has 1 aromatic carbocycles. The molecule has 1 rings (SSSR count). The summed E-state index contributed by atoms with van der Waals surface area (Å²) in [5, 5.41) is 16.8. The zero-order chi connectivity index (χ0) is 9.68. The Hall–Kier alpha value is -2.13. The van der Waals surface area contributed by atoms with Gasteiger partial charge in [-0.1, -0.05) is 18.2 Å². The molecule has 62 valence electrons. The second kappa shape index (κ2) is 4.04. The molecule has 0 bridgehead atoms. The van der Waals surface area contributed by atoms with Gasteiger partial charge < -0.3 is 0 Å². The molecular formula is C10H5FN2. The van der Waals surface area contributed by atoms with Gasteiger partial charge in [0.15, 0.2) is 0 Å². The molecule has 0 atom stereocenters. The van der Waals surface area contributed by atoms with Crippen LogP contribution in [-0.2, 0) is 0 Å². The van der Waals surface area contributed by atoms with E-state index in [1.54, 1.807) is 24.3 Å². The summed E-state index contributed by atoms with van der Waals surface area (Å²) in [4.78, 5) is 0. The predicted octanol–water partition coefficient (Wildman–Crippen LogP) is 2.39. The first-order chi connectivity index (χ1) is 6.27. The van der Waals surface area contributed by atoms with Crippen LogP contribution in [0.25, 0.3) is 6.08 Å². The van der Waals surface area contributed by atoms with Crippen LogP contribution < -0.4 is 0 Å². The zero-order valence-electron chi connectivity index (χ0n) is 6.66. The van der Waals surface area contributed by atoms with Gasteiger partial charge in [-0.3, -0.25) is 0 Å². The SMILES string of the molecule is N#C/C(F)=C\c1ccccc1C#N. The van der Waals surface area contributed by atoms with E-state index in [1.165, 1.54) is 6.07 Å². The molecule has 0 amide bonds. The van der Waals surface area contributed by atoms with Gasteiger partial charge in [-0.05, 0) is 17.7 Å². The molecule has 0 saturated carbocycles. The van der Waals surface area contributed by atoms with Crippen LogP contribution in [-0.4, -0.2) is 0 Å². The first kappa shape index (κ1) is 8.96. The van der Waals surface area contributed by atoms with Crippen molar-refractivity contribution in [3.8, 4) is 12.1 Å². The number of rotatable bonds is 1. The standard InChI is InChI=1S/C10H5FN2/c11-10(7-13)5-8-3-1-2-4-9(8)6-12/h1-5H/b10-5+. The summed E-state index contributed by atoms with van der Waals surface area (Å²) in [6, 6.07) is 9.76. The van der Waals surface area contributed by atoms with E-state index in [1.807, 2.05) is 6.07 Å². The molecule has 0 aliphatic rings. The molecule has 0 radical (unpaired) electrons. The molecule has 0 spiro atoms. The van der Waals surface area contributed by atoms with Gasteiger partial charge in [0, 0.05) is 0 Å². The van der Waals surface area contributed by atoms with Crippen LogP contribution in [0.5, 0.6) is 0 Å². The van der Waals surface area contributed by atoms with Crippen LogP contribution in [0.15, 0.2) is 30.1 Å². The summed E-state index contributed by atoms with van der Waals surface area (Å²) in [5.41, 5.74) is 0.775. The topological polar surface area (TPSA) is 47.6 Å². The van der Waals surface area contributed by atoms with Gasteiger partial charge in [0.1, 0.15) is 6.07 Å². The highest BCUT2D eigenvalue weighted by Gasteiger charge is 1.98. The summed E-state index contributed by atoms with van der Waals surface area (Å²) in [5.74, 6) is -0.900. The fourth-order valence-electron chi connectivity index (χ4n) is 0.893. The maximum absolute atomic E-state index is 12.5. The maximum atomic E-state index is 12.5. The Bertz CT molecular complexity index is 421. The first-order valence-corrected chi connectivity index (χ1v) is 3.54. The van der Waals surface area contributed by atoms with Gasteiger partial charge in [-0.15, -0.1) is 0 Å². The zero-order valence-corrected chi connectivity index (χ0v) is 6.66. The molecule has 3 heteroatoms. The third-order valence-electron chi connectivity index (χ3n) is 1.47. The summed E-state index contributed by atoms with van der Waals surface area (Å²) < 4.78 is 12.5. The van der Waals surface area contributed by atoms with Crippen LogP contribution in [0.4, 0.5) is 4.39 Å². The molecule has 0 unspecified atom stereocenters. The van der Waals surface area contributed by atoms with Crippen molar-refractivity contribution >= 4 is 6.08 Å². The van der Waals surface area contributed by atoms with Gasteiger partial charge >= 0.3 is 0 Å². The van der Waals surface area contributed by atoms with E-state index in [-0.39, 0.29) is 0 Å². The molecule has 0 saturated heterocycles. The summed E-state index contributed by atoms with van der Waals surface area (Å²) in [6.07, 6.45) is 1.04. The van der Waals surface area contributed by atoms with E-state index >= 15 is 0 Å². The van der Waals surface area contributed by atoms with Crippen molar-refractivity contribution in [2.45, 2.75) is 0 Å². The number of hydrogen-bond donors (Lipinski definition) is 0. The number of benzene rings is 1. The van der Waals surface area contributed by atoms with Gasteiger partial charge in [0.25, 0.3) is 0 Å². The molecule has 0 heterocycles. The number of halogens is 1. The van der Waals surface area contributed by atoms with E-state index < -0.39 is 5.83 Å². The van der Waals surface area contributed by atoms with Crippen molar-refractivity contribution in [3.63, 3.8) is 0 Å². The Labute approximate surface area is 75.2 Å². The Morgan fingerprint density at radius 3 is 2.62 bits per heavy atom. The average Bonchev–Trinajstić information content (AvgIpc) is 2.18. The number of hydrogen-bond acceptors (Lipinski definition) is 2. The predicted molar refractivity (Wildman–Crippen MR) is 45.9 cm³/mol. The molecular weight excluding hydrogens is 167 g/mol. The lowest BCUT2D eigenvalue weighted by atomic mass is 10.1. The second-order valence-electron chi connectivity index (χ2n) is 2.30. The Morgan fingerprint density at radius 2 is 2.00 bits per heavy atom. The lowest BCUT2D eigenvalue weighted by molar-refractivity contribution is 0.679. The minimum Gasteiger partial charge on any atom is -0.195 e. The summed E-state index contributed by atoms with van der Waals surface area (Å²) in [7, 11) is 0. The number of nitriles is 2. The number of nitrogens with zero attached hydrogens (tertiary/aromatic N) is 2. The molecule has 0 N–H and O–H groups in total. The lowest BCUT2D eigenvalue weighted by Crippen LogP contribution is -1.80. The van der Waals surface area contributed by atoms with Crippen LogP contribution in [0.3, 0.4) is 0 Å². The van der Waals surface area contributed by atoms with E-state index in [0.717, 1.165) is 6.08 Å². The minimum absolute atomic E-state index is 0.355. The van der Waals surface area contributed by atoms with Crippen LogP contribution in [0.2, 0.25) is 0 Å². The highest BCUT2D eigenvalue weighted by Crippen LogP contribution is 2.12. The van der Waals surface area contributed by atoms with Crippen molar-refractivity contribution in [1.29, 1.82) is 10.5 Å². The lowest BCUT2D eigenvalue weighted by Gasteiger charge is -1.94. The second-order valence-corrected chi connectivity index (χ2v) is 2.30. The molecule has 0 aliphatic carbocycles. The Morgan fingerprint density at radius 1 is 1.31 bits per heavy atom. The van der Waals surface area contributed by atoms with Crippen LogP contribution >= 0.6 is 0 Å². The van der Waals surface area contributed by atoms with Gasteiger partial charge in [0.05, 0.1) is 11.6 Å². The Balaban J connectivity index is 3.18. The van der Waals surface area contributed by atoms with Gasteiger partial charge in [-0.25, -0.2) is 0 Å². The molecule has 0 aliphatic heterocycles. The normalized spacial score (nSPS) is 10.2. The van der Waals surface area contributed by atoms with Crippen molar-refractivity contribution in [2.24, 2.45) is 0 Å². The summed E-state index contributed by atoms with van der Waals surface area (Å²) >= 11 is 0. The van der Waals surface area contributed by atoms with Crippen molar-refractivity contribution in [1.82, 2.24) is 0 Å². The third-order valence-corrected chi connectivity index (χ3v) is 1.47. The van der Waals surface area contributed by atoms with E-state index in [9.17, 15) is 4.39 Å². The van der Waals surface area contributed by atoms with Gasteiger partial charge in [-0.2, -0.15) is 14.9 Å². The molecule has 0 aromatic heterocycles. The fraction of sp³-hybridized carbons (Fsp3) is 0. The van der Waals surface area contributed by atoms with E-state index in [2.05, 4.69) is 0 Å². The molecule has 2 nitrogen and oxygen atoms in total. The maximum Gasteiger partial charge on any atom is 0.200 e. The van der Waals surface area contributed by atoms with Crippen LogP contribution in [0, 0.1) is 22.7 Å². The highest BCUT2D eigenvalue weighted by atomic mass is 19.1. The smallest absolute Gasteiger partial charge is 0.195 e. The average molecular weight is 172 g/mol.